The van der Waals surface area contributed by atoms with Crippen LogP contribution >= 0.6 is 0 Å². The molecule has 1 spiro atoms. The second-order valence-corrected chi connectivity index (χ2v) is 10.1. The van der Waals surface area contributed by atoms with E-state index < -0.39 is 5.92 Å². The number of nitrogens with one attached hydrogen (secondary N) is 1. The van der Waals surface area contributed by atoms with Gasteiger partial charge >= 0.3 is 0 Å². The minimum atomic E-state index is -2.62. The molecular weight excluding hydrogens is 440 g/mol. The highest BCUT2D eigenvalue weighted by Gasteiger charge is 2.44. The van der Waals surface area contributed by atoms with Crippen LogP contribution in [0.4, 0.5) is 37.7 Å². The summed E-state index contributed by atoms with van der Waals surface area (Å²) in [4.78, 5) is 13.3. The number of nitrogens with two attached hydrogens (primary N) is 1. The zero-order valence-corrected chi connectivity index (χ0v) is 19.3. The van der Waals surface area contributed by atoms with Crippen molar-refractivity contribution in [3.63, 3.8) is 0 Å². The summed E-state index contributed by atoms with van der Waals surface area (Å²) in [5.41, 5.74) is 9.77. The molecular formula is C24H29F2N7O. The maximum Gasteiger partial charge on any atom is 0.251 e. The molecule has 2 aliphatic heterocycles. The van der Waals surface area contributed by atoms with Gasteiger partial charge in [0.2, 0.25) is 5.95 Å². The van der Waals surface area contributed by atoms with Gasteiger partial charge in [-0.25, -0.2) is 13.8 Å². The van der Waals surface area contributed by atoms with E-state index in [0.29, 0.717) is 34.3 Å². The summed E-state index contributed by atoms with van der Waals surface area (Å²) in [7, 11) is 0. The first-order chi connectivity index (χ1) is 16.3. The molecule has 3 N–H and O–H groups in total. The summed E-state index contributed by atoms with van der Waals surface area (Å²) in [6.07, 6.45) is 4.70. The van der Waals surface area contributed by atoms with E-state index in [1.807, 2.05) is 24.0 Å². The van der Waals surface area contributed by atoms with Crippen LogP contribution in [0.25, 0.3) is 11.0 Å². The highest BCUT2D eigenvalue weighted by molar-refractivity contribution is 6.02. The molecule has 2 saturated heterocycles. The minimum absolute atomic E-state index is 0.192. The number of hydrogen-bond acceptors (Lipinski definition) is 8. The lowest BCUT2D eigenvalue weighted by Crippen LogP contribution is -2.40. The molecule has 8 nitrogen and oxygen atoms in total. The van der Waals surface area contributed by atoms with Crippen molar-refractivity contribution in [3.8, 4) is 0 Å². The predicted molar refractivity (Wildman–Crippen MR) is 128 cm³/mol. The summed E-state index contributed by atoms with van der Waals surface area (Å²) in [6, 6.07) is 5.59. The van der Waals surface area contributed by atoms with Crippen LogP contribution < -0.4 is 20.9 Å². The van der Waals surface area contributed by atoms with Crippen LogP contribution in [0.5, 0.6) is 0 Å². The van der Waals surface area contributed by atoms with Gasteiger partial charge < -0.3 is 25.4 Å². The number of anilines is 5. The van der Waals surface area contributed by atoms with Gasteiger partial charge in [0.25, 0.3) is 5.92 Å². The van der Waals surface area contributed by atoms with Crippen LogP contribution in [0.1, 0.15) is 44.2 Å². The Morgan fingerprint density at radius 1 is 0.941 bits per heavy atom. The van der Waals surface area contributed by atoms with Crippen LogP contribution in [0.2, 0.25) is 0 Å². The van der Waals surface area contributed by atoms with Gasteiger partial charge in [0.05, 0.1) is 11.1 Å². The monoisotopic (exact) mass is 469 g/mol. The highest BCUT2D eigenvalue weighted by Crippen LogP contribution is 2.54. The first-order valence-corrected chi connectivity index (χ1v) is 12.0. The van der Waals surface area contributed by atoms with Crippen molar-refractivity contribution in [2.24, 2.45) is 5.41 Å². The molecule has 6 rings (SSSR count). The standard InChI is InChI=1S/C24H29F2N7O/c1-15-12-19(30-22(28-15)33-10-6-24(25,26)7-11-33)29-21-20-17(13-16(27)14-18(20)34-31-21)32-8-4-23(2-3-23)5-9-32/h12-14H,2-11,27H2,1H3,(H,28,29,30,31). The van der Waals surface area contributed by atoms with E-state index in [1.165, 1.54) is 25.7 Å². The lowest BCUT2D eigenvalue weighted by molar-refractivity contribution is -0.0222. The Bertz CT molecular complexity index is 1220. The van der Waals surface area contributed by atoms with Crippen LogP contribution in [0.15, 0.2) is 22.7 Å². The van der Waals surface area contributed by atoms with E-state index in [1.54, 1.807) is 6.07 Å². The normalized spacial score (nSPS) is 21.3. The topological polar surface area (TPSA) is 96.3 Å². The lowest BCUT2D eigenvalue weighted by Gasteiger charge is -2.34. The van der Waals surface area contributed by atoms with Gasteiger partial charge in [0, 0.05) is 62.5 Å². The van der Waals surface area contributed by atoms with E-state index >= 15 is 0 Å². The zero-order valence-electron chi connectivity index (χ0n) is 19.3. The van der Waals surface area contributed by atoms with Crippen molar-refractivity contribution < 1.29 is 13.3 Å². The van der Waals surface area contributed by atoms with Gasteiger partial charge in [0.1, 0.15) is 5.82 Å². The Morgan fingerprint density at radius 2 is 1.65 bits per heavy atom. The number of nitrogen functional groups attached to an aromatic ring is 1. The molecule has 180 valence electrons. The Hall–Kier alpha value is -3.17. The summed E-state index contributed by atoms with van der Waals surface area (Å²) in [5.74, 6) is -1.06. The van der Waals surface area contributed by atoms with Crippen LogP contribution in [0.3, 0.4) is 0 Å². The smallest absolute Gasteiger partial charge is 0.251 e. The first kappa shape index (κ1) is 21.4. The maximum absolute atomic E-state index is 13.6. The number of benzene rings is 1. The largest absolute Gasteiger partial charge is 0.399 e. The van der Waals surface area contributed by atoms with E-state index in [4.69, 9.17) is 10.3 Å². The van der Waals surface area contributed by atoms with E-state index in [-0.39, 0.29) is 25.9 Å². The summed E-state index contributed by atoms with van der Waals surface area (Å²) in [6.45, 7) is 4.29. The molecule has 4 heterocycles. The number of fused-ring (bicyclic) bond motifs is 1. The molecule has 2 aromatic heterocycles. The molecule has 1 saturated carbocycles. The number of nitrogens with zero attached hydrogens (tertiary/aromatic N) is 5. The Balaban J connectivity index is 1.30. The SMILES string of the molecule is Cc1cc(Nc2noc3cc(N)cc(N4CCC5(CC4)CC5)c23)nc(N2CCC(F)(F)CC2)n1. The molecule has 0 radical (unpaired) electrons. The van der Waals surface area contributed by atoms with E-state index in [0.717, 1.165) is 29.9 Å². The molecule has 34 heavy (non-hydrogen) atoms. The Labute approximate surface area is 196 Å². The quantitative estimate of drug-likeness (QED) is 0.523. The van der Waals surface area contributed by atoms with Crippen LogP contribution in [-0.4, -0.2) is 47.2 Å². The second-order valence-electron chi connectivity index (χ2n) is 10.1. The number of piperidine rings is 2. The molecule has 1 aromatic carbocycles. The van der Waals surface area contributed by atoms with Gasteiger partial charge in [-0.1, -0.05) is 5.16 Å². The van der Waals surface area contributed by atoms with Crippen molar-refractivity contribution in [2.45, 2.75) is 51.4 Å². The fourth-order valence-electron chi connectivity index (χ4n) is 5.22. The summed E-state index contributed by atoms with van der Waals surface area (Å²) in [5, 5.41) is 8.44. The predicted octanol–water partition coefficient (Wildman–Crippen LogP) is 4.87. The van der Waals surface area contributed by atoms with Crippen molar-refractivity contribution >= 4 is 39.9 Å². The minimum Gasteiger partial charge on any atom is -0.399 e. The average molecular weight is 470 g/mol. The van der Waals surface area contributed by atoms with E-state index in [2.05, 4.69) is 25.3 Å². The molecule has 0 bridgehead atoms. The van der Waals surface area contributed by atoms with Gasteiger partial charge in [-0.15, -0.1) is 0 Å². The number of alkyl halides is 2. The first-order valence-electron chi connectivity index (χ1n) is 12.0. The summed E-state index contributed by atoms with van der Waals surface area (Å²) >= 11 is 0. The van der Waals surface area contributed by atoms with Crippen molar-refractivity contribution in [1.29, 1.82) is 0 Å². The molecule has 0 unspecified atom stereocenters. The third kappa shape index (κ3) is 3.99. The summed E-state index contributed by atoms with van der Waals surface area (Å²) < 4.78 is 32.8. The van der Waals surface area contributed by atoms with Crippen LogP contribution in [0, 0.1) is 12.3 Å². The number of rotatable bonds is 4. The molecule has 3 aliphatic rings. The van der Waals surface area contributed by atoms with Gasteiger partial charge in [-0.2, -0.15) is 4.98 Å². The van der Waals surface area contributed by atoms with Crippen molar-refractivity contribution in [1.82, 2.24) is 15.1 Å². The fraction of sp³-hybridized carbons (Fsp3) is 0.542. The Kier molecular flexibility index (Phi) is 4.82. The van der Waals surface area contributed by atoms with Gasteiger partial charge in [-0.05, 0) is 44.1 Å². The highest BCUT2D eigenvalue weighted by atomic mass is 19.3. The molecule has 1 aliphatic carbocycles. The van der Waals surface area contributed by atoms with Gasteiger partial charge in [-0.3, -0.25) is 0 Å². The molecule has 0 amide bonds. The number of halogens is 2. The second kappa shape index (κ2) is 7.68. The van der Waals surface area contributed by atoms with Crippen molar-refractivity contribution in [2.75, 3.05) is 47.0 Å². The third-order valence-corrected chi connectivity index (χ3v) is 7.56. The van der Waals surface area contributed by atoms with Crippen molar-refractivity contribution in [3.05, 3.63) is 23.9 Å². The number of aryl methyl sites for hydroxylation is 1. The molecule has 3 fully saturated rings. The maximum atomic E-state index is 13.6. The van der Waals surface area contributed by atoms with Crippen LogP contribution in [-0.2, 0) is 0 Å². The average Bonchev–Trinajstić information content (AvgIpc) is 3.43. The molecule has 10 heteroatoms. The van der Waals surface area contributed by atoms with Gasteiger partial charge in [0.15, 0.2) is 11.4 Å². The zero-order chi connectivity index (χ0) is 23.5. The molecule has 3 aromatic rings. The lowest BCUT2D eigenvalue weighted by atomic mass is 9.93. The van der Waals surface area contributed by atoms with E-state index in [9.17, 15) is 8.78 Å². The fourth-order valence-corrected chi connectivity index (χ4v) is 5.22. The Morgan fingerprint density at radius 3 is 2.35 bits per heavy atom. The third-order valence-electron chi connectivity index (χ3n) is 7.56. The number of aromatic nitrogens is 3. The number of hydrogen-bond donors (Lipinski definition) is 2. The molecule has 0 atom stereocenters.